The number of Topliss-reactive ketones (excluding diaryl/α,β-unsaturated/α-hetero) is 1. The maximum absolute atomic E-state index is 12.2. The maximum Gasteiger partial charge on any atom is 0.511 e. The molecule has 2 N–H and O–H groups in total. The number of carbonyl (C=O) groups excluding carboxylic acids is 1. The Morgan fingerprint density at radius 3 is 2.29 bits per heavy atom. The van der Waals surface area contributed by atoms with Crippen molar-refractivity contribution in [3.8, 4) is 11.8 Å². The molecule has 0 aromatic heterocycles. The van der Waals surface area contributed by atoms with Crippen molar-refractivity contribution in [1.82, 2.24) is 0 Å². The molecule has 9 nitrogen and oxygen atoms in total. The number of rotatable bonds is 4. The lowest BCUT2D eigenvalue weighted by Gasteiger charge is -2.16. The van der Waals surface area contributed by atoms with Crippen LogP contribution in [0.1, 0.15) is 26.3 Å². The van der Waals surface area contributed by atoms with Gasteiger partial charge in [-0.2, -0.15) is 5.26 Å². The predicted molar refractivity (Wildman–Crippen MR) is 81.4 cm³/mol. The van der Waals surface area contributed by atoms with Crippen LogP contribution >= 0.6 is 0 Å². The standard InChI is InChI=1S/C15H14N2O7/c1-15(2,3)13(19)10(7-16)12(18)9-5-4-8(24-14(20)21)6-11(9)17(22)23/h4-6,18H,1-3H3,(H,20,21)/b12-10-. The van der Waals surface area contributed by atoms with Crippen molar-refractivity contribution in [3.05, 3.63) is 39.4 Å². The van der Waals surface area contributed by atoms with Gasteiger partial charge in [-0.15, -0.1) is 0 Å². The van der Waals surface area contributed by atoms with Gasteiger partial charge in [0, 0.05) is 5.41 Å². The highest BCUT2D eigenvalue weighted by Gasteiger charge is 2.30. The van der Waals surface area contributed by atoms with Crippen LogP contribution in [0.15, 0.2) is 23.8 Å². The number of ketones is 1. The second kappa shape index (κ2) is 6.78. The molecule has 9 heteroatoms. The third-order valence-electron chi connectivity index (χ3n) is 2.88. The molecule has 1 rings (SSSR count). The molecule has 0 radical (unpaired) electrons. The third-order valence-corrected chi connectivity index (χ3v) is 2.88. The van der Waals surface area contributed by atoms with Gasteiger partial charge in [-0.05, 0) is 12.1 Å². The quantitative estimate of drug-likeness (QED) is 0.162. The summed E-state index contributed by atoms with van der Waals surface area (Å²) < 4.78 is 4.31. The molecule has 0 bridgehead atoms. The van der Waals surface area contributed by atoms with E-state index in [1.165, 1.54) is 20.8 Å². The molecule has 0 fully saturated rings. The summed E-state index contributed by atoms with van der Waals surface area (Å²) in [5.41, 5.74) is -2.72. The molecule has 24 heavy (non-hydrogen) atoms. The van der Waals surface area contributed by atoms with E-state index in [9.17, 15) is 24.8 Å². The van der Waals surface area contributed by atoms with Crippen LogP contribution in [0.25, 0.3) is 5.76 Å². The van der Waals surface area contributed by atoms with Gasteiger partial charge in [0.15, 0.2) is 11.5 Å². The zero-order valence-electron chi connectivity index (χ0n) is 13.1. The first-order valence-corrected chi connectivity index (χ1v) is 6.56. The topological polar surface area (TPSA) is 151 Å². The summed E-state index contributed by atoms with van der Waals surface area (Å²) in [6, 6.07) is 4.38. The Kier molecular flexibility index (Phi) is 5.27. The highest BCUT2D eigenvalue weighted by molar-refractivity contribution is 6.08. The molecule has 126 valence electrons. The lowest BCUT2D eigenvalue weighted by atomic mass is 9.85. The average Bonchev–Trinajstić information content (AvgIpc) is 2.45. The van der Waals surface area contributed by atoms with E-state index in [-0.39, 0.29) is 5.75 Å². The number of carboxylic acid groups (broad SMARTS) is 1. The first kappa shape index (κ1) is 18.6. The van der Waals surface area contributed by atoms with Crippen molar-refractivity contribution >= 4 is 23.4 Å². The fourth-order valence-corrected chi connectivity index (χ4v) is 1.75. The van der Waals surface area contributed by atoms with E-state index < -0.39 is 44.9 Å². The van der Waals surface area contributed by atoms with Crippen LogP contribution < -0.4 is 4.74 Å². The van der Waals surface area contributed by atoms with E-state index in [4.69, 9.17) is 10.4 Å². The van der Waals surface area contributed by atoms with Crippen LogP contribution in [-0.4, -0.2) is 27.1 Å². The smallest absolute Gasteiger partial charge is 0.506 e. The Morgan fingerprint density at radius 1 is 1.29 bits per heavy atom. The van der Waals surface area contributed by atoms with Crippen molar-refractivity contribution < 1.29 is 29.5 Å². The van der Waals surface area contributed by atoms with E-state index in [0.717, 1.165) is 18.2 Å². The normalized spacial score (nSPS) is 11.9. The Hall–Kier alpha value is -3.41. The second-order valence-corrected chi connectivity index (χ2v) is 5.72. The molecule has 0 aliphatic rings. The summed E-state index contributed by atoms with van der Waals surface area (Å²) >= 11 is 0. The molecule has 0 amide bonds. The number of allylic oxidation sites excluding steroid dienone is 1. The van der Waals surface area contributed by atoms with Crippen molar-refractivity contribution in [1.29, 1.82) is 5.26 Å². The molecule has 0 saturated heterocycles. The number of aliphatic hydroxyl groups excluding tert-OH is 1. The minimum Gasteiger partial charge on any atom is -0.506 e. The number of nitrogens with zero attached hydrogens (tertiary/aromatic N) is 2. The van der Waals surface area contributed by atoms with Crippen LogP contribution in [0.3, 0.4) is 0 Å². The van der Waals surface area contributed by atoms with Gasteiger partial charge in [0.1, 0.15) is 17.4 Å². The predicted octanol–water partition coefficient (Wildman–Crippen LogP) is 3.06. The number of aliphatic hydroxyl groups is 1. The number of ether oxygens (including phenoxy) is 1. The van der Waals surface area contributed by atoms with Crippen LogP contribution in [-0.2, 0) is 4.79 Å². The summed E-state index contributed by atoms with van der Waals surface area (Å²) in [6.07, 6.45) is -1.67. The molecule has 1 aromatic carbocycles. The van der Waals surface area contributed by atoms with E-state index in [0.29, 0.717) is 0 Å². The van der Waals surface area contributed by atoms with Crippen LogP contribution in [0.4, 0.5) is 10.5 Å². The van der Waals surface area contributed by atoms with Gasteiger partial charge < -0.3 is 14.9 Å². The summed E-state index contributed by atoms with van der Waals surface area (Å²) in [6.45, 7) is 4.58. The van der Waals surface area contributed by atoms with Crippen molar-refractivity contribution in [2.75, 3.05) is 0 Å². The monoisotopic (exact) mass is 334 g/mol. The minimum atomic E-state index is -1.67. The largest absolute Gasteiger partial charge is 0.511 e. The van der Waals surface area contributed by atoms with Crippen LogP contribution in [0.2, 0.25) is 0 Å². The molecular weight excluding hydrogens is 320 g/mol. The van der Waals surface area contributed by atoms with E-state index in [2.05, 4.69) is 4.74 Å². The lowest BCUT2D eigenvalue weighted by Crippen LogP contribution is -2.22. The van der Waals surface area contributed by atoms with Gasteiger partial charge in [0.2, 0.25) is 0 Å². The molecule has 0 heterocycles. The molecule has 0 spiro atoms. The molecule has 0 unspecified atom stereocenters. The zero-order valence-corrected chi connectivity index (χ0v) is 13.1. The highest BCUT2D eigenvalue weighted by atomic mass is 16.7. The second-order valence-electron chi connectivity index (χ2n) is 5.72. The number of nitro groups is 1. The van der Waals surface area contributed by atoms with Crippen LogP contribution in [0, 0.1) is 26.9 Å². The SMILES string of the molecule is CC(C)(C)C(=O)/C(C#N)=C(\O)c1ccc(OC(=O)O)cc1[N+](=O)[O-]. The van der Waals surface area contributed by atoms with Gasteiger partial charge >= 0.3 is 6.16 Å². The molecular formula is C15H14N2O7. The number of carbonyl (C=O) groups is 2. The lowest BCUT2D eigenvalue weighted by molar-refractivity contribution is -0.385. The Morgan fingerprint density at radius 2 is 1.88 bits per heavy atom. The number of nitriles is 1. The Balaban J connectivity index is 3.56. The van der Waals surface area contributed by atoms with Gasteiger partial charge in [0.05, 0.1) is 16.6 Å². The first-order valence-electron chi connectivity index (χ1n) is 6.56. The van der Waals surface area contributed by atoms with E-state index in [1.54, 1.807) is 6.07 Å². The van der Waals surface area contributed by atoms with Crippen molar-refractivity contribution in [2.24, 2.45) is 5.41 Å². The summed E-state index contributed by atoms with van der Waals surface area (Å²) in [4.78, 5) is 32.9. The maximum atomic E-state index is 12.2. The number of benzene rings is 1. The number of nitro benzene ring substituents is 1. The average molecular weight is 334 g/mol. The van der Waals surface area contributed by atoms with Crippen molar-refractivity contribution in [2.45, 2.75) is 20.8 Å². The fraction of sp³-hybridized carbons (Fsp3) is 0.267. The van der Waals surface area contributed by atoms with Crippen molar-refractivity contribution in [3.63, 3.8) is 0 Å². The summed E-state index contributed by atoms with van der Waals surface area (Å²) in [7, 11) is 0. The Bertz CT molecular complexity index is 782. The first-order chi connectivity index (χ1) is 11.0. The van der Waals surface area contributed by atoms with Gasteiger partial charge in [-0.25, -0.2) is 4.79 Å². The fourth-order valence-electron chi connectivity index (χ4n) is 1.75. The highest BCUT2D eigenvalue weighted by Crippen LogP contribution is 2.32. The zero-order chi connectivity index (χ0) is 18.7. The molecule has 0 aliphatic carbocycles. The third kappa shape index (κ3) is 4.07. The summed E-state index contributed by atoms with van der Waals surface area (Å²) in [5.74, 6) is -1.89. The molecule has 0 aliphatic heterocycles. The minimum absolute atomic E-state index is 0.341. The van der Waals surface area contributed by atoms with E-state index >= 15 is 0 Å². The van der Waals surface area contributed by atoms with Gasteiger partial charge in [-0.3, -0.25) is 14.9 Å². The Labute approximate surface area is 136 Å². The number of hydrogen-bond acceptors (Lipinski definition) is 7. The molecule has 0 atom stereocenters. The summed E-state index contributed by atoms with van der Waals surface area (Å²) in [5, 5.41) is 39.0. The van der Waals surface area contributed by atoms with E-state index in [1.807, 2.05) is 0 Å². The number of hydrogen-bond donors (Lipinski definition) is 2. The molecule has 1 aromatic rings. The van der Waals surface area contributed by atoms with Crippen LogP contribution in [0.5, 0.6) is 5.75 Å². The van der Waals surface area contributed by atoms with Gasteiger partial charge in [0.25, 0.3) is 5.69 Å². The molecule has 0 saturated carbocycles. The van der Waals surface area contributed by atoms with Gasteiger partial charge in [-0.1, -0.05) is 20.8 Å².